The van der Waals surface area contributed by atoms with E-state index in [0.717, 1.165) is 44.1 Å². The van der Waals surface area contributed by atoms with Gasteiger partial charge in [-0.1, -0.05) is 6.07 Å². The van der Waals surface area contributed by atoms with E-state index in [9.17, 15) is 4.79 Å². The van der Waals surface area contributed by atoms with Gasteiger partial charge in [0.25, 0.3) is 5.91 Å². The number of imidazole rings is 1. The molecule has 1 aliphatic rings. The number of rotatable bonds is 4. The van der Waals surface area contributed by atoms with Gasteiger partial charge in [0.15, 0.2) is 0 Å². The summed E-state index contributed by atoms with van der Waals surface area (Å²) >= 11 is 0. The Balaban J connectivity index is 1.58. The van der Waals surface area contributed by atoms with Gasteiger partial charge in [0.05, 0.1) is 19.1 Å². The Morgan fingerprint density at radius 1 is 1.30 bits per heavy atom. The Bertz CT molecular complexity index is 675. The number of piperazine rings is 1. The zero-order chi connectivity index (χ0) is 16.2. The number of aromatic amines is 1. The van der Waals surface area contributed by atoms with Crippen molar-refractivity contribution < 1.29 is 9.53 Å². The number of ether oxygens (including phenoxy) is 1. The standard InChI is InChI=1S/C17H22N4O2/c1-13-16(19-12-18-13)11-20-6-8-21(9-7-20)17(22)14-4-3-5-15(10-14)23-2/h3-5,10,12H,6-9,11H2,1-2H3,(H,18,19). The molecule has 1 saturated heterocycles. The molecule has 0 aliphatic carbocycles. The maximum atomic E-state index is 12.6. The van der Waals surface area contributed by atoms with Crippen LogP contribution in [0.1, 0.15) is 21.7 Å². The van der Waals surface area contributed by atoms with E-state index >= 15 is 0 Å². The third-order valence-corrected chi connectivity index (χ3v) is 4.28. The molecule has 23 heavy (non-hydrogen) atoms. The Hall–Kier alpha value is -2.34. The summed E-state index contributed by atoms with van der Waals surface area (Å²) in [6, 6.07) is 7.33. The van der Waals surface area contributed by atoms with Crippen molar-refractivity contribution >= 4 is 5.91 Å². The molecule has 0 saturated carbocycles. The number of hydrogen-bond acceptors (Lipinski definition) is 4. The highest BCUT2D eigenvalue weighted by atomic mass is 16.5. The van der Waals surface area contributed by atoms with E-state index < -0.39 is 0 Å². The summed E-state index contributed by atoms with van der Waals surface area (Å²) in [6.07, 6.45) is 1.73. The molecule has 1 aliphatic heterocycles. The number of aryl methyl sites for hydroxylation is 1. The number of nitrogens with zero attached hydrogens (tertiary/aromatic N) is 3. The lowest BCUT2D eigenvalue weighted by Crippen LogP contribution is -2.48. The predicted molar refractivity (Wildman–Crippen MR) is 87.5 cm³/mol. The van der Waals surface area contributed by atoms with E-state index in [4.69, 9.17) is 4.74 Å². The number of benzene rings is 1. The van der Waals surface area contributed by atoms with Crippen molar-refractivity contribution in [3.05, 3.63) is 47.5 Å². The van der Waals surface area contributed by atoms with Crippen molar-refractivity contribution in [1.82, 2.24) is 19.8 Å². The second kappa shape index (κ2) is 6.83. The van der Waals surface area contributed by atoms with Crippen LogP contribution in [0.25, 0.3) is 0 Å². The SMILES string of the molecule is COc1cccc(C(=O)N2CCN(Cc3nc[nH]c3C)CC2)c1. The number of methoxy groups -OCH3 is 1. The number of H-pyrrole nitrogens is 1. The first-order valence-corrected chi connectivity index (χ1v) is 7.82. The van der Waals surface area contributed by atoms with Crippen molar-refractivity contribution in [2.24, 2.45) is 0 Å². The van der Waals surface area contributed by atoms with Crippen molar-refractivity contribution in [1.29, 1.82) is 0 Å². The van der Waals surface area contributed by atoms with Crippen LogP contribution in [0, 0.1) is 6.92 Å². The predicted octanol–water partition coefficient (Wildman–Crippen LogP) is 1.68. The minimum atomic E-state index is 0.0690. The number of amides is 1. The first kappa shape index (κ1) is 15.6. The summed E-state index contributed by atoms with van der Waals surface area (Å²) in [5.74, 6) is 0.781. The van der Waals surface area contributed by atoms with Gasteiger partial charge in [-0.25, -0.2) is 4.98 Å². The molecule has 122 valence electrons. The summed E-state index contributed by atoms with van der Waals surface area (Å²) in [4.78, 5) is 24.3. The monoisotopic (exact) mass is 314 g/mol. The quantitative estimate of drug-likeness (QED) is 0.933. The van der Waals surface area contributed by atoms with E-state index in [1.165, 1.54) is 0 Å². The molecule has 0 spiro atoms. The lowest BCUT2D eigenvalue weighted by atomic mass is 10.1. The molecule has 1 aromatic carbocycles. The average Bonchev–Trinajstić information content (AvgIpc) is 3.00. The van der Waals surface area contributed by atoms with Gasteiger partial charge in [-0.05, 0) is 25.1 Å². The van der Waals surface area contributed by atoms with E-state index in [1.807, 2.05) is 30.0 Å². The van der Waals surface area contributed by atoms with Crippen LogP contribution in [0.2, 0.25) is 0 Å². The Morgan fingerprint density at radius 2 is 2.09 bits per heavy atom. The number of aromatic nitrogens is 2. The van der Waals surface area contributed by atoms with Gasteiger partial charge in [-0.15, -0.1) is 0 Å². The van der Waals surface area contributed by atoms with E-state index in [1.54, 1.807) is 19.5 Å². The maximum Gasteiger partial charge on any atom is 0.254 e. The van der Waals surface area contributed by atoms with Crippen LogP contribution < -0.4 is 4.74 Å². The summed E-state index contributed by atoms with van der Waals surface area (Å²) < 4.78 is 5.19. The molecule has 1 fully saturated rings. The second-order valence-electron chi connectivity index (χ2n) is 5.77. The zero-order valence-corrected chi connectivity index (χ0v) is 13.6. The number of carbonyl (C=O) groups is 1. The summed E-state index contributed by atoms with van der Waals surface area (Å²) in [5, 5.41) is 0. The third kappa shape index (κ3) is 3.53. The lowest BCUT2D eigenvalue weighted by Gasteiger charge is -2.34. The molecule has 0 radical (unpaired) electrons. The smallest absolute Gasteiger partial charge is 0.254 e. The molecule has 0 atom stereocenters. The van der Waals surface area contributed by atoms with Crippen molar-refractivity contribution in [3.8, 4) is 5.75 Å². The van der Waals surface area contributed by atoms with E-state index in [2.05, 4.69) is 14.9 Å². The van der Waals surface area contributed by atoms with Crippen LogP contribution in [-0.4, -0.2) is 59.0 Å². The van der Waals surface area contributed by atoms with Gasteiger partial charge < -0.3 is 14.6 Å². The Kier molecular flexibility index (Phi) is 4.62. The molecular formula is C17H22N4O2. The van der Waals surface area contributed by atoms with Crippen molar-refractivity contribution in [2.45, 2.75) is 13.5 Å². The number of carbonyl (C=O) groups excluding carboxylic acids is 1. The topological polar surface area (TPSA) is 61.5 Å². The molecule has 6 heteroatoms. The first-order chi connectivity index (χ1) is 11.2. The molecule has 1 aromatic heterocycles. The molecule has 3 rings (SSSR count). The Morgan fingerprint density at radius 3 is 2.74 bits per heavy atom. The van der Waals surface area contributed by atoms with Gasteiger partial charge in [0.1, 0.15) is 5.75 Å². The highest BCUT2D eigenvalue weighted by molar-refractivity contribution is 5.94. The molecule has 1 N–H and O–H groups in total. The second-order valence-corrected chi connectivity index (χ2v) is 5.77. The maximum absolute atomic E-state index is 12.6. The lowest BCUT2D eigenvalue weighted by molar-refractivity contribution is 0.0626. The normalized spacial score (nSPS) is 15.7. The van der Waals surface area contributed by atoms with Crippen molar-refractivity contribution in [2.75, 3.05) is 33.3 Å². The number of nitrogens with one attached hydrogen (secondary N) is 1. The summed E-state index contributed by atoms with van der Waals surface area (Å²) in [5.41, 5.74) is 2.87. The first-order valence-electron chi connectivity index (χ1n) is 7.82. The molecule has 0 unspecified atom stereocenters. The fourth-order valence-corrected chi connectivity index (χ4v) is 2.81. The molecule has 1 amide bonds. The summed E-state index contributed by atoms with van der Waals surface area (Å²) in [7, 11) is 1.61. The average molecular weight is 314 g/mol. The van der Waals surface area contributed by atoms with Gasteiger partial charge in [0.2, 0.25) is 0 Å². The Labute approximate surface area is 136 Å². The van der Waals surface area contributed by atoms with Gasteiger partial charge in [-0.2, -0.15) is 0 Å². The van der Waals surface area contributed by atoms with Crippen molar-refractivity contribution in [3.63, 3.8) is 0 Å². The molecule has 2 heterocycles. The van der Waals surface area contributed by atoms with Gasteiger partial charge in [0, 0.05) is 44.0 Å². The van der Waals surface area contributed by atoms with Crippen LogP contribution in [0.4, 0.5) is 0 Å². The van der Waals surface area contributed by atoms with Crippen LogP contribution >= 0.6 is 0 Å². The fourth-order valence-electron chi connectivity index (χ4n) is 2.81. The molecule has 0 bridgehead atoms. The van der Waals surface area contributed by atoms with E-state index in [-0.39, 0.29) is 5.91 Å². The van der Waals surface area contributed by atoms with Gasteiger partial charge in [-0.3, -0.25) is 9.69 Å². The van der Waals surface area contributed by atoms with Crippen LogP contribution in [0.3, 0.4) is 0 Å². The van der Waals surface area contributed by atoms with E-state index in [0.29, 0.717) is 11.3 Å². The third-order valence-electron chi connectivity index (χ3n) is 4.28. The molecule has 2 aromatic rings. The largest absolute Gasteiger partial charge is 0.497 e. The zero-order valence-electron chi connectivity index (χ0n) is 13.6. The van der Waals surface area contributed by atoms with Crippen LogP contribution in [-0.2, 0) is 6.54 Å². The molecular weight excluding hydrogens is 292 g/mol. The molecule has 6 nitrogen and oxygen atoms in total. The minimum absolute atomic E-state index is 0.0690. The number of hydrogen-bond donors (Lipinski definition) is 1. The van der Waals surface area contributed by atoms with Crippen LogP contribution in [0.5, 0.6) is 5.75 Å². The van der Waals surface area contributed by atoms with Crippen LogP contribution in [0.15, 0.2) is 30.6 Å². The summed E-state index contributed by atoms with van der Waals surface area (Å²) in [6.45, 7) is 6.06. The fraction of sp³-hybridized carbons (Fsp3) is 0.412. The highest BCUT2D eigenvalue weighted by Crippen LogP contribution is 2.16. The highest BCUT2D eigenvalue weighted by Gasteiger charge is 2.23. The van der Waals surface area contributed by atoms with Gasteiger partial charge >= 0.3 is 0 Å². The minimum Gasteiger partial charge on any atom is -0.497 e.